The fraction of sp³-hybridized carbons (Fsp3) is 0.417. The molecule has 1 aliphatic heterocycles. The first kappa shape index (κ1) is 10.4. The molecule has 5 heteroatoms. The van der Waals surface area contributed by atoms with Crippen LogP contribution in [0.5, 0.6) is 11.5 Å². The van der Waals surface area contributed by atoms with E-state index in [1.807, 2.05) is 0 Å². The highest BCUT2D eigenvalue weighted by Gasteiger charge is 2.48. The molecule has 0 aromatic heterocycles. The van der Waals surface area contributed by atoms with Gasteiger partial charge in [-0.25, -0.2) is 0 Å². The topological polar surface area (TPSA) is 84.6 Å². The number of amides is 1. The van der Waals surface area contributed by atoms with E-state index in [1.54, 1.807) is 12.1 Å². The average molecular weight is 234 g/mol. The summed E-state index contributed by atoms with van der Waals surface area (Å²) in [7, 11) is 0. The second-order valence-corrected chi connectivity index (χ2v) is 4.66. The Morgan fingerprint density at radius 1 is 1.53 bits per heavy atom. The molecule has 2 aliphatic rings. The minimum atomic E-state index is -0.940. The first-order chi connectivity index (χ1) is 8.12. The Kier molecular flexibility index (Phi) is 2.06. The number of nitrogens with one attached hydrogen (secondary N) is 1. The van der Waals surface area contributed by atoms with Crippen molar-refractivity contribution in [2.24, 2.45) is 5.73 Å². The van der Waals surface area contributed by atoms with Crippen LogP contribution in [-0.4, -0.2) is 23.7 Å². The Morgan fingerprint density at radius 3 is 2.94 bits per heavy atom. The van der Waals surface area contributed by atoms with Crippen LogP contribution in [0.25, 0.3) is 0 Å². The Bertz CT molecular complexity index is 485. The van der Waals surface area contributed by atoms with Gasteiger partial charge in [0.25, 0.3) is 0 Å². The van der Waals surface area contributed by atoms with Crippen molar-refractivity contribution in [3.63, 3.8) is 0 Å². The third-order valence-electron chi connectivity index (χ3n) is 3.32. The molecule has 4 N–H and O–H groups in total. The number of fused-ring (bicyclic) bond motifs is 1. The van der Waals surface area contributed by atoms with E-state index in [-0.39, 0.29) is 12.4 Å². The summed E-state index contributed by atoms with van der Waals surface area (Å²) in [6, 6.07) is 5.08. The number of phenolic OH excluding ortho intramolecular Hbond substituents is 1. The van der Waals surface area contributed by atoms with Crippen LogP contribution >= 0.6 is 0 Å². The first-order valence-electron chi connectivity index (χ1n) is 5.66. The van der Waals surface area contributed by atoms with Crippen LogP contribution in [0.1, 0.15) is 18.4 Å². The third kappa shape index (κ3) is 1.54. The minimum Gasteiger partial charge on any atom is -0.508 e. The van der Waals surface area contributed by atoms with Crippen LogP contribution in [0.4, 0.5) is 0 Å². The highest BCUT2D eigenvalue weighted by atomic mass is 16.5. The van der Waals surface area contributed by atoms with Gasteiger partial charge in [0.1, 0.15) is 18.1 Å². The summed E-state index contributed by atoms with van der Waals surface area (Å²) < 4.78 is 5.46. The van der Waals surface area contributed by atoms with Crippen molar-refractivity contribution < 1.29 is 14.6 Å². The Hall–Kier alpha value is -1.75. The number of hydrogen-bond donors (Lipinski definition) is 3. The number of carbonyl (C=O) groups is 1. The van der Waals surface area contributed by atoms with E-state index in [4.69, 9.17) is 10.5 Å². The van der Waals surface area contributed by atoms with E-state index < -0.39 is 11.4 Å². The van der Waals surface area contributed by atoms with E-state index in [0.29, 0.717) is 11.8 Å². The fourth-order valence-electron chi connectivity index (χ4n) is 2.22. The predicted octanol–water partition coefficient (Wildman–Crippen LogP) is 0.217. The van der Waals surface area contributed by atoms with Gasteiger partial charge in [-0.3, -0.25) is 10.1 Å². The van der Waals surface area contributed by atoms with Gasteiger partial charge in [-0.05, 0) is 25.0 Å². The van der Waals surface area contributed by atoms with Crippen molar-refractivity contribution in [2.45, 2.75) is 24.4 Å². The standard InChI is InChI=1S/C12H14N2O3/c13-11(16)12(14-7-1-2-7)6-17-10-5-8(15)3-4-9(10)12/h3-5,7,14-15H,1-2,6H2,(H2,13,16). The number of aromatic hydroxyl groups is 1. The molecule has 1 fully saturated rings. The van der Waals surface area contributed by atoms with Crippen LogP contribution in [0.15, 0.2) is 18.2 Å². The molecule has 17 heavy (non-hydrogen) atoms. The van der Waals surface area contributed by atoms with E-state index in [0.717, 1.165) is 18.4 Å². The number of benzene rings is 1. The molecule has 1 aromatic carbocycles. The van der Waals surface area contributed by atoms with Crippen molar-refractivity contribution in [1.29, 1.82) is 0 Å². The molecule has 1 atom stereocenters. The molecule has 1 amide bonds. The highest BCUT2D eigenvalue weighted by Crippen LogP contribution is 2.40. The molecule has 3 rings (SSSR count). The van der Waals surface area contributed by atoms with Crippen LogP contribution in [-0.2, 0) is 10.3 Å². The number of rotatable bonds is 3. The zero-order chi connectivity index (χ0) is 12.0. The van der Waals surface area contributed by atoms with Gasteiger partial charge in [0, 0.05) is 17.7 Å². The zero-order valence-electron chi connectivity index (χ0n) is 9.27. The van der Waals surface area contributed by atoms with E-state index in [1.165, 1.54) is 6.07 Å². The van der Waals surface area contributed by atoms with Crippen LogP contribution in [0.3, 0.4) is 0 Å². The maximum atomic E-state index is 11.8. The molecular formula is C12H14N2O3. The molecule has 1 saturated carbocycles. The molecule has 0 bridgehead atoms. The van der Waals surface area contributed by atoms with Gasteiger partial charge < -0.3 is 15.6 Å². The molecule has 1 unspecified atom stereocenters. The summed E-state index contributed by atoms with van der Waals surface area (Å²) in [6.07, 6.45) is 2.12. The van der Waals surface area contributed by atoms with Crippen molar-refractivity contribution >= 4 is 5.91 Å². The predicted molar refractivity (Wildman–Crippen MR) is 60.6 cm³/mol. The fourth-order valence-corrected chi connectivity index (χ4v) is 2.22. The van der Waals surface area contributed by atoms with Gasteiger partial charge in [-0.15, -0.1) is 0 Å². The summed E-state index contributed by atoms with van der Waals surface area (Å²) in [5, 5.41) is 12.6. The SMILES string of the molecule is NC(=O)C1(NC2CC2)COc2cc(O)ccc21. The molecule has 0 spiro atoms. The summed E-state index contributed by atoms with van der Waals surface area (Å²) in [6.45, 7) is 0.192. The maximum Gasteiger partial charge on any atom is 0.246 e. The number of ether oxygens (including phenoxy) is 1. The van der Waals surface area contributed by atoms with E-state index >= 15 is 0 Å². The van der Waals surface area contributed by atoms with Gasteiger partial charge in [-0.2, -0.15) is 0 Å². The van der Waals surface area contributed by atoms with Crippen molar-refractivity contribution in [2.75, 3.05) is 6.61 Å². The largest absolute Gasteiger partial charge is 0.508 e. The summed E-state index contributed by atoms with van der Waals surface area (Å²) in [5.74, 6) is 0.209. The molecule has 1 aromatic rings. The molecule has 5 nitrogen and oxygen atoms in total. The second kappa shape index (κ2) is 3.37. The van der Waals surface area contributed by atoms with Crippen molar-refractivity contribution in [3.8, 4) is 11.5 Å². The van der Waals surface area contributed by atoms with E-state index in [9.17, 15) is 9.90 Å². The second-order valence-electron chi connectivity index (χ2n) is 4.66. The average Bonchev–Trinajstić information content (AvgIpc) is 3.01. The van der Waals surface area contributed by atoms with Crippen LogP contribution < -0.4 is 15.8 Å². The number of hydrogen-bond acceptors (Lipinski definition) is 4. The quantitative estimate of drug-likeness (QED) is 0.698. The smallest absolute Gasteiger partial charge is 0.246 e. The van der Waals surface area contributed by atoms with Gasteiger partial charge in [0.15, 0.2) is 5.54 Å². The summed E-state index contributed by atoms with van der Waals surface area (Å²) in [4.78, 5) is 11.8. The lowest BCUT2D eigenvalue weighted by molar-refractivity contribution is -0.125. The van der Waals surface area contributed by atoms with Gasteiger partial charge in [0.05, 0.1) is 0 Å². The Morgan fingerprint density at radius 2 is 2.29 bits per heavy atom. The number of phenols is 1. The molecule has 1 aliphatic carbocycles. The number of nitrogens with two attached hydrogens (primary N) is 1. The third-order valence-corrected chi connectivity index (χ3v) is 3.32. The number of carbonyl (C=O) groups excluding carboxylic acids is 1. The highest BCUT2D eigenvalue weighted by molar-refractivity contribution is 5.88. The molecule has 0 radical (unpaired) electrons. The van der Waals surface area contributed by atoms with Crippen molar-refractivity contribution in [3.05, 3.63) is 23.8 Å². The van der Waals surface area contributed by atoms with Crippen molar-refractivity contribution in [1.82, 2.24) is 5.32 Å². The van der Waals surface area contributed by atoms with Crippen LogP contribution in [0.2, 0.25) is 0 Å². The van der Waals surface area contributed by atoms with Gasteiger partial charge >= 0.3 is 0 Å². The van der Waals surface area contributed by atoms with Gasteiger partial charge in [-0.1, -0.05) is 0 Å². The molecule has 90 valence electrons. The summed E-state index contributed by atoms with van der Waals surface area (Å²) >= 11 is 0. The Labute approximate surface area is 98.6 Å². The monoisotopic (exact) mass is 234 g/mol. The number of primary amides is 1. The van der Waals surface area contributed by atoms with E-state index in [2.05, 4.69) is 5.32 Å². The minimum absolute atomic E-state index is 0.121. The lowest BCUT2D eigenvalue weighted by atomic mass is 9.91. The first-order valence-corrected chi connectivity index (χ1v) is 5.66. The summed E-state index contributed by atoms with van der Waals surface area (Å²) in [5.41, 5.74) is 5.29. The lowest BCUT2D eigenvalue weighted by Gasteiger charge is -2.25. The molecule has 1 heterocycles. The maximum absolute atomic E-state index is 11.8. The zero-order valence-corrected chi connectivity index (χ0v) is 9.27. The lowest BCUT2D eigenvalue weighted by Crippen LogP contribution is -2.54. The normalized spacial score (nSPS) is 26.4. The van der Waals surface area contributed by atoms with Gasteiger partial charge in [0.2, 0.25) is 5.91 Å². The Balaban J connectivity index is 2.04. The molecule has 0 saturated heterocycles. The van der Waals surface area contributed by atoms with Crippen LogP contribution in [0, 0.1) is 0 Å². The molecular weight excluding hydrogens is 220 g/mol.